The Morgan fingerprint density at radius 1 is 1.36 bits per heavy atom. The van der Waals surface area contributed by atoms with E-state index in [4.69, 9.17) is 0 Å². The first kappa shape index (κ1) is 12.9. The molecule has 0 aliphatic carbocycles. The van der Waals surface area contributed by atoms with Gasteiger partial charge in [0, 0.05) is 12.1 Å². The van der Waals surface area contributed by atoms with E-state index in [-0.39, 0.29) is 5.54 Å². The first-order valence-electron chi connectivity index (χ1n) is 4.35. The largest absolute Gasteiger partial charge is 0.462 e. The van der Waals surface area contributed by atoms with Crippen molar-refractivity contribution in [1.82, 2.24) is 10.2 Å². The molecule has 0 heterocycles. The average Bonchev–Trinajstić information content (AvgIpc) is 2.12. The van der Waals surface area contributed by atoms with Crippen LogP contribution in [0.15, 0.2) is 0 Å². The van der Waals surface area contributed by atoms with Gasteiger partial charge >= 0.3 is 11.9 Å². The maximum atomic E-state index is 11.0. The predicted octanol–water partition coefficient (Wildman–Crippen LogP) is -0.384. The van der Waals surface area contributed by atoms with Crippen molar-refractivity contribution in [3.8, 4) is 0 Å². The Labute approximate surface area is 84.4 Å². The predicted molar refractivity (Wildman–Crippen MR) is 52.8 cm³/mol. The van der Waals surface area contributed by atoms with Gasteiger partial charge < -0.3 is 15.0 Å². The lowest BCUT2D eigenvalue weighted by molar-refractivity contribution is -0.152. The summed E-state index contributed by atoms with van der Waals surface area (Å²) in [6.45, 7) is 4.32. The smallest absolute Gasteiger partial charge is 0.396 e. The van der Waals surface area contributed by atoms with Gasteiger partial charge in [-0.3, -0.25) is 4.79 Å². The van der Waals surface area contributed by atoms with Crippen molar-refractivity contribution >= 4 is 11.9 Å². The first-order valence-corrected chi connectivity index (χ1v) is 4.35. The number of amides is 1. The molecule has 0 spiro atoms. The van der Waals surface area contributed by atoms with Crippen LogP contribution in [0.1, 0.15) is 13.8 Å². The third-order valence-electron chi connectivity index (χ3n) is 2.26. The van der Waals surface area contributed by atoms with Crippen molar-refractivity contribution in [1.29, 1.82) is 0 Å². The molecule has 0 aromatic heterocycles. The topological polar surface area (TPSA) is 58.6 Å². The summed E-state index contributed by atoms with van der Waals surface area (Å²) in [6, 6.07) is 0. The molecule has 5 nitrogen and oxygen atoms in total. The third-order valence-corrected chi connectivity index (χ3v) is 2.26. The molecule has 5 heteroatoms. The van der Waals surface area contributed by atoms with E-state index in [2.05, 4.69) is 10.1 Å². The van der Waals surface area contributed by atoms with Gasteiger partial charge in [0.2, 0.25) is 0 Å². The molecule has 14 heavy (non-hydrogen) atoms. The van der Waals surface area contributed by atoms with Gasteiger partial charge in [-0.05, 0) is 27.9 Å². The Hall–Kier alpha value is -1.10. The Bertz CT molecular complexity index is 224. The molecule has 0 bridgehead atoms. The summed E-state index contributed by atoms with van der Waals surface area (Å²) in [5, 5.41) is 2.50. The highest BCUT2D eigenvalue weighted by Gasteiger charge is 2.23. The molecule has 0 aliphatic rings. The molecule has 0 radical (unpaired) electrons. The molecule has 0 aromatic carbocycles. The third kappa shape index (κ3) is 3.74. The molecule has 0 saturated heterocycles. The van der Waals surface area contributed by atoms with Crippen LogP contribution in [0.3, 0.4) is 0 Å². The van der Waals surface area contributed by atoms with E-state index in [0.717, 1.165) is 0 Å². The summed E-state index contributed by atoms with van der Waals surface area (Å²) in [5.41, 5.74) is -0.191. The molecule has 0 fully saturated rings. The van der Waals surface area contributed by atoms with Crippen LogP contribution in [-0.4, -0.2) is 50.1 Å². The number of hydrogen-bond acceptors (Lipinski definition) is 4. The van der Waals surface area contributed by atoms with Gasteiger partial charge in [0.15, 0.2) is 0 Å². The maximum Gasteiger partial charge on any atom is 0.396 e. The fourth-order valence-electron chi connectivity index (χ4n) is 0.620. The number of carbonyl (C=O) groups excluding carboxylic acids is 2. The van der Waals surface area contributed by atoms with Gasteiger partial charge in [0.1, 0.15) is 0 Å². The number of ether oxygens (including phenoxy) is 1. The lowest BCUT2D eigenvalue weighted by Crippen LogP contribution is -2.49. The van der Waals surface area contributed by atoms with Gasteiger partial charge in [0.05, 0.1) is 7.11 Å². The van der Waals surface area contributed by atoms with Crippen LogP contribution < -0.4 is 5.32 Å². The van der Waals surface area contributed by atoms with Gasteiger partial charge in [-0.1, -0.05) is 0 Å². The molecule has 0 saturated carbocycles. The number of carbonyl (C=O) groups is 2. The van der Waals surface area contributed by atoms with E-state index < -0.39 is 11.9 Å². The number of esters is 1. The second kappa shape index (κ2) is 4.95. The monoisotopic (exact) mass is 202 g/mol. The zero-order chi connectivity index (χ0) is 11.4. The van der Waals surface area contributed by atoms with Crippen LogP contribution in [0.5, 0.6) is 0 Å². The molecule has 0 aromatic rings. The van der Waals surface area contributed by atoms with E-state index in [9.17, 15) is 9.59 Å². The van der Waals surface area contributed by atoms with Crippen molar-refractivity contribution in [2.45, 2.75) is 19.4 Å². The van der Waals surface area contributed by atoms with E-state index in [0.29, 0.717) is 6.54 Å². The summed E-state index contributed by atoms with van der Waals surface area (Å²) in [5.74, 6) is -1.57. The Kier molecular flexibility index (Phi) is 4.56. The number of methoxy groups -OCH3 is 1. The summed E-state index contributed by atoms with van der Waals surface area (Å²) in [4.78, 5) is 23.8. The standard InChI is InChI=1S/C9H18N2O3/c1-9(2,11(3)4)6-10-7(12)8(13)14-5/h6H2,1-5H3,(H,10,12). The number of hydrogen-bond donors (Lipinski definition) is 1. The minimum Gasteiger partial charge on any atom is -0.462 e. The molecule has 1 amide bonds. The van der Waals surface area contributed by atoms with Gasteiger partial charge in [-0.25, -0.2) is 4.79 Å². The fourth-order valence-corrected chi connectivity index (χ4v) is 0.620. The van der Waals surface area contributed by atoms with Crippen LogP contribution in [0.4, 0.5) is 0 Å². The number of rotatable bonds is 3. The summed E-state index contributed by atoms with van der Waals surface area (Å²) < 4.78 is 4.27. The number of likely N-dealkylation sites (N-methyl/N-ethyl adjacent to an activating group) is 1. The Balaban J connectivity index is 4.06. The molecular weight excluding hydrogens is 184 g/mol. The van der Waals surface area contributed by atoms with Crippen LogP contribution in [-0.2, 0) is 14.3 Å². The normalized spacial score (nSPS) is 11.3. The SMILES string of the molecule is COC(=O)C(=O)NCC(C)(C)N(C)C. The Morgan fingerprint density at radius 3 is 2.21 bits per heavy atom. The lowest BCUT2D eigenvalue weighted by atomic mass is 10.0. The quantitative estimate of drug-likeness (QED) is 0.500. The minimum absolute atomic E-state index is 0.191. The fraction of sp³-hybridized carbons (Fsp3) is 0.778. The van der Waals surface area contributed by atoms with Gasteiger partial charge in [0.25, 0.3) is 0 Å². The van der Waals surface area contributed by atoms with Crippen molar-refractivity contribution in [3.63, 3.8) is 0 Å². The number of nitrogens with one attached hydrogen (secondary N) is 1. The highest BCUT2D eigenvalue weighted by atomic mass is 16.5. The Morgan fingerprint density at radius 2 is 1.86 bits per heavy atom. The highest BCUT2D eigenvalue weighted by molar-refractivity contribution is 6.32. The molecule has 82 valence electrons. The summed E-state index contributed by atoms with van der Waals surface area (Å²) in [6.07, 6.45) is 0. The van der Waals surface area contributed by atoms with Crippen LogP contribution in [0, 0.1) is 0 Å². The molecule has 1 N–H and O–H groups in total. The highest BCUT2D eigenvalue weighted by Crippen LogP contribution is 2.07. The molecular formula is C9H18N2O3. The van der Waals surface area contributed by atoms with Gasteiger partial charge in [-0.2, -0.15) is 0 Å². The molecule has 0 atom stereocenters. The zero-order valence-corrected chi connectivity index (χ0v) is 9.38. The molecule has 0 unspecified atom stereocenters. The second-order valence-corrected chi connectivity index (χ2v) is 3.88. The minimum atomic E-state index is -0.862. The van der Waals surface area contributed by atoms with Crippen molar-refractivity contribution in [2.24, 2.45) is 0 Å². The second-order valence-electron chi connectivity index (χ2n) is 3.88. The molecule has 0 rings (SSSR count). The van der Waals surface area contributed by atoms with Gasteiger partial charge in [-0.15, -0.1) is 0 Å². The van der Waals surface area contributed by atoms with E-state index >= 15 is 0 Å². The maximum absolute atomic E-state index is 11.0. The van der Waals surface area contributed by atoms with E-state index in [1.54, 1.807) is 0 Å². The van der Waals surface area contributed by atoms with Crippen LogP contribution in [0.25, 0.3) is 0 Å². The van der Waals surface area contributed by atoms with E-state index in [1.807, 2.05) is 32.8 Å². The summed E-state index contributed by atoms with van der Waals surface area (Å²) >= 11 is 0. The van der Waals surface area contributed by atoms with E-state index in [1.165, 1.54) is 7.11 Å². The average molecular weight is 202 g/mol. The van der Waals surface area contributed by atoms with Crippen molar-refractivity contribution < 1.29 is 14.3 Å². The van der Waals surface area contributed by atoms with Crippen molar-refractivity contribution in [2.75, 3.05) is 27.7 Å². The first-order chi connectivity index (χ1) is 6.31. The summed E-state index contributed by atoms with van der Waals surface area (Å²) in [7, 11) is 4.99. The number of nitrogens with zero attached hydrogens (tertiary/aromatic N) is 1. The van der Waals surface area contributed by atoms with Crippen LogP contribution in [0.2, 0.25) is 0 Å². The zero-order valence-electron chi connectivity index (χ0n) is 9.38. The van der Waals surface area contributed by atoms with Crippen LogP contribution >= 0.6 is 0 Å². The molecule has 0 aliphatic heterocycles. The lowest BCUT2D eigenvalue weighted by Gasteiger charge is -2.32. The van der Waals surface area contributed by atoms with Crippen molar-refractivity contribution in [3.05, 3.63) is 0 Å².